The molecule has 1 aromatic heterocycles. The predicted molar refractivity (Wildman–Crippen MR) is 67.7 cm³/mol. The SMILES string of the molecule is COc1ccc(C)c2c(C(=O)O)cc(Br)nc12. The van der Waals surface area contributed by atoms with E-state index in [0.29, 0.717) is 21.3 Å². The zero-order valence-corrected chi connectivity index (χ0v) is 10.9. The van der Waals surface area contributed by atoms with Crippen molar-refractivity contribution in [1.29, 1.82) is 0 Å². The highest BCUT2D eigenvalue weighted by Crippen LogP contribution is 2.31. The number of aryl methyl sites for hydroxylation is 1. The van der Waals surface area contributed by atoms with E-state index in [2.05, 4.69) is 20.9 Å². The number of hydrogen-bond acceptors (Lipinski definition) is 3. The molecule has 2 rings (SSSR count). The number of carboxylic acids is 1. The van der Waals surface area contributed by atoms with E-state index in [1.54, 1.807) is 6.07 Å². The number of methoxy groups -OCH3 is 1. The molecule has 1 N–H and O–H groups in total. The first kappa shape index (κ1) is 11.9. The van der Waals surface area contributed by atoms with Crippen LogP contribution in [-0.2, 0) is 0 Å². The second-order valence-electron chi connectivity index (χ2n) is 3.61. The van der Waals surface area contributed by atoms with Crippen molar-refractivity contribution in [1.82, 2.24) is 4.98 Å². The lowest BCUT2D eigenvalue weighted by Crippen LogP contribution is -2.01. The maximum Gasteiger partial charge on any atom is 0.336 e. The molecule has 88 valence electrons. The molecule has 0 spiro atoms. The van der Waals surface area contributed by atoms with Crippen molar-refractivity contribution in [3.63, 3.8) is 0 Å². The fraction of sp³-hybridized carbons (Fsp3) is 0.167. The minimum absolute atomic E-state index is 0.221. The minimum Gasteiger partial charge on any atom is -0.494 e. The van der Waals surface area contributed by atoms with E-state index in [1.807, 2.05) is 13.0 Å². The lowest BCUT2D eigenvalue weighted by molar-refractivity contribution is 0.0699. The van der Waals surface area contributed by atoms with Crippen molar-refractivity contribution in [2.45, 2.75) is 6.92 Å². The molecule has 1 heterocycles. The summed E-state index contributed by atoms with van der Waals surface area (Å²) in [6, 6.07) is 5.10. The number of hydrogen-bond donors (Lipinski definition) is 1. The Morgan fingerprint density at radius 1 is 1.47 bits per heavy atom. The summed E-state index contributed by atoms with van der Waals surface area (Å²) in [5.41, 5.74) is 1.63. The predicted octanol–water partition coefficient (Wildman–Crippen LogP) is 3.01. The number of ether oxygens (including phenoxy) is 1. The Hall–Kier alpha value is -1.62. The molecule has 0 radical (unpaired) electrons. The molecule has 0 amide bonds. The van der Waals surface area contributed by atoms with E-state index in [4.69, 9.17) is 4.74 Å². The molecule has 2 aromatic rings. The Bertz CT molecular complexity index is 610. The largest absolute Gasteiger partial charge is 0.494 e. The number of aromatic nitrogens is 1. The number of pyridine rings is 1. The number of carbonyl (C=O) groups is 1. The second kappa shape index (κ2) is 4.33. The monoisotopic (exact) mass is 295 g/mol. The van der Waals surface area contributed by atoms with Crippen LogP contribution in [0.25, 0.3) is 10.9 Å². The summed E-state index contributed by atoms with van der Waals surface area (Å²) in [5, 5.41) is 9.82. The Morgan fingerprint density at radius 3 is 2.76 bits per heavy atom. The van der Waals surface area contributed by atoms with Crippen molar-refractivity contribution < 1.29 is 14.6 Å². The molecule has 0 atom stereocenters. The van der Waals surface area contributed by atoms with Gasteiger partial charge in [-0.1, -0.05) is 6.07 Å². The average molecular weight is 296 g/mol. The minimum atomic E-state index is -0.977. The Morgan fingerprint density at radius 2 is 2.18 bits per heavy atom. The lowest BCUT2D eigenvalue weighted by Gasteiger charge is -2.10. The molecule has 0 saturated heterocycles. The number of rotatable bonds is 2. The van der Waals surface area contributed by atoms with Gasteiger partial charge in [0.05, 0.1) is 12.7 Å². The maximum atomic E-state index is 11.2. The van der Waals surface area contributed by atoms with Crippen molar-refractivity contribution in [3.05, 3.63) is 33.9 Å². The van der Waals surface area contributed by atoms with Crippen LogP contribution in [0.1, 0.15) is 15.9 Å². The summed E-state index contributed by atoms with van der Waals surface area (Å²) in [5.74, 6) is -0.413. The smallest absolute Gasteiger partial charge is 0.336 e. The average Bonchev–Trinajstić information content (AvgIpc) is 2.28. The highest BCUT2D eigenvalue weighted by Gasteiger charge is 2.15. The Labute approximate surface area is 106 Å². The molecule has 17 heavy (non-hydrogen) atoms. The standard InChI is InChI=1S/C12H10BrNO3/c1-6-3-4-8(17-2)11-10(6)7(12(15)16)5-9(13)14-11/h3-5H,1-2H3,(H,15,16). The van der Waals surface area contributed by atoms with E-state index in [1.165, 1.54) is 13.2 Å². The van der Waals surface area contributed by atoms with E-state index in [9.17, 15) is 9.90 Å². The van der Waals surface area contributed by atoms with Crippen LogP contribution in [-0.4, -0.2) is 23.2 Å². The van der Waals surface area contributed by atoms with Gasteiger partial charge in [-0.05, 0) is 40.5 Å². The molecular formula is C12H10BrNO3. The molecule has 0 saturated carbocycles. The van der Waals surface area contributed by atoms with Gasteiger partial charge in [0.2, 0.25) is 0 Å². The van der Waals surface area contributed by atoms with E-state index in [-0.39, 0.29) is 5.56 Å². The maximum absolute atomic E-state index is 11.2. The molecule has 0 unspecified atom stereocenters. The highest BCUT2D eigenvalue weighted by atomic mass is 79.9. The van der Waals surface area contributed by atoms with Gasteiger partial charge in [0.1, 0.15) is 15.9 Å². The van der Waals surface area contributed by atoms with E-state index >= 15 is 0 Å². The van der Waals surface area contributed by atoms with Crippen LogP contribution in [0.5, 0.6) is 5.75 Å². The highest BCUT2D eigenvalue weighted by molar-refractivity contribution is 9.10. The third kappa shape index (κ3) is 1.98. The molecule has 5 heteroatoms. The summed E-state index contributed by atoms with van der Waals surface area (Å²) >= 11 is 3.21. The number of fused-ring (bicyclic) bond motifs is 1. The zero-order chi connectivity index (χ0) is 12.6. The van der Waals surface area contributed by atoms with Gasteiger partial charge >= 0.3 is 5.97 Å². The van der Waals surface area contributed by atoms with Gasteiger partial charge in [-0.25, -0.2) is 9.78 Å². The van der Waals surface area contributed by atoms with Gasteiger partial charge in [0.25, 0.3) is 0 Å². The van der Waals surface area contributed by atoms with Crippen LogP contribution in [0, 0.1) is 6.92 Å². The summed E-state index contributed by atoms with van der Waals surface area (Å²) in [6.45, 7) is 1.85. The van der Waals surface area contributed by atoms with Gasteiger partial charge in [-0.15, -0.1) is 0 Å². The molecule has 0 aliphatic rings. The van der Waals surface area contributed by atoms with Crippen molar-refractivity contribution >= 4 is 32.8 Å². The van der Waals surface area contributed by atoms with Gasteiger partial charge in [-0.3, -0.25) is 0 Å². The van der Waals surface area contributed by atoms with Crippen LogP contribution in [0.3, 0.4) is 0 Å². The molecule has 0 bridgehead atoms. The van der Waals surface area contributed by atoms with Gasteiger partial charge in [0.15, 0.2) is 0 Å². The van der Waals surface area contributed by atoms with Crippen LogP contribution in [0.4, 0.5) is 0 Å². The summed E-state index contributed by atoms with van der Waals surface area (Å²) in [6.07, 6.45) is 0. The van der Waals surface area contributed by atoms with Crippen molar-refractivity contribution in [3.8, 4) is 5.75 Å². The molecule has 0 fully saturated rings. The zero-order valence-electron chi connectivity index (χ0n) is 9.32. The summed E-state index contributed by atoms with van der Waals surface area (Å²) < 4.78 is 5.67. The number of carboxylic acid groups (broad SMARTS) is 1. The van der Waals surface area contributed by atoms with Gasteiger partial charge < -0.3 is 9.84 Å². The van der Waals surface area contributed by atoms with Gasteiger partial charge in [0, 0.05) is 5.39 Å². The van der Waals surface area contributed by atoms with Gasteiger partial charge in [-0.2, -0.15) is 0 Å². The van der Waals surface area contributed by atoms with Crippen LogP contribution < -0.4 is 4.74 Å². The van der Waals surface area contributed by atoms with Crippen LogP contribution >= 0.6 is 15.9 Å². The molecule has 0 aliphatic heterocycles. The Balaban J connectivity index is 2.97. The third-order valence-electron chi connectivity index (χ3n) is 2.55. The quantitative estimate of drug-likeness (QED) is 0.865. The number of aromatic carboxylic acids is 1. The van der Waals surface area contributed by atoms with Crippen LogP contribution in [0.15, 0.2) is 22.8 Å². The summed E-state index contributed by atoms with van der Waals surface area (Å²) in [4.78, 5) is 15.5. The topological polar surface area (TPSA) is 59.4 Å². The normalized spacial score (nSPS) is 10.5. The molecular weight excluding hydrogens is 286 g/mol. The number of benzene rings is 1. The fourth-order valence-electron chi connectivity index (χ4n) is 1.79. The third-order valence-corrected chi connectivity index (χ3v) is 2.96. The molecule has 1 aromatic carbocycles. The fourth-order valence-corrected chi connectivity index (χ4v) is 2.19. The van der Waals surface area contributed by atoms with E-state index < -0.39 is 5.97 Å². The molecule has 4 nitrogen and oxygen atoms in total. The molecule has 0 aliphatic carbocycles. The van der Waals surface area contributed by atoms with E-state index in [0.717, 1.165) is 5.56 Å². The number of halogens is 1. The van der Waals surface area contributed by atoms with Crippen molar-refractivity contribution in [2.75, 3.05) is 7.11 Å². The summed E-state index contributed by atoms with van der Waals surface area (Å²) in [7, 11) is 1.53. The number of nitrogens with zero attached hydrogens (tertiary/aromatic N) is 1. The lowest BCUT2D eigenvalue weighted by atomic mass is 10.0. The second-order valence-corrected chi connectivity index (χ2v) is 4.42. The van der Waals surface area contributed by atoms with Crippen molar-refractivity contribution in [2.24, 2.45) is 0 Å². The Kier molecular flexibility index (Phi) is 3.02. The first-order chi connectivity index (χ1) is 8.04. The van der Waals surface area contributed by atoms with Crippen LogP contribution in [0.2, 0.25) is 0 Å². The first-order valence-electron chi connectivity index (χ1n) is 4.91. The first-order valence-corrected chi connectivity index (χ1v) is 5.71.